The minimum absolute atomic E-state index is 1.05. The molecule has 0 aromatic carbocycles. The molecule has 0 aromatic rings. The highest BCUT2D eigenvalue weighted by Gasteiger charge is 2.06. The molecule has 0 aromatic heterocycles. The first-order chi connectivity index (χ1) is 5.38. The predicted molar refractivity (Wildman–Crippen MR) is 48.6 cm³/mol. The van der Waals surface area contributed by atoms with E-state index in [2.05, 4.69) is 16.9 Å². The molecule has 0 saturated heterocycles. The van der Waals surface area contributed by atoms with E-state index in [1.54, 1.807) is 0 Å². The summed E-state index contributed by atoms with van der Waals surface area (Å²) < 4.78 is 0. The highest BCUT2D eigenvalue weighted by Crippen LogP contribution is 2.15. The van der Waals surface area contributed by atoms with Gasteiger partial charge in [-0.05, 0) is 25.8 Å². The number of nitrogens with one attached hydrogen (secondary N) is 1. The van der Waals surface area contributed by atoms with Gasteiger partial charge in [-0.2, -0.15) is 0 Å². The molecule has 1 N–H and O–H groups in total. The van der Waals surface area contributed by atoms with Crippen molar-refractivity contribution >= 4 is 6.21 Å². The Morgan fingerprint density at radius 1 is 1.64 bits per heavy atom. The van der Waals surface area contributed by atoms with Gasteiger partial charge in [-0.1, -0.05) is 6.58 Å². The number of hydrogen-bond donors (Lipinski definition) is 1. The molecule has 1 heterocycles. The predicted octanol–water partition coefficient (Wildman–Crippen LogP) is 1.86. The van der Waals surface area contributed by atoms with Crippen LogP contribution in [0, 0.1) is 0 Å². The van der Waals surface area contributed by atoms with E-state index in [0.29, 0.717) is 0 Å². The lowest BCUT2D eigenvalue weighted by Crippen LogP contribution is -2.19. The lowest BCUT2D eigenvalue weighted by atomic mass is 10.1. The fraction of sp³-hybridized carbons (Fsp3) is 0.444. The van der Waals surface area contributed by atoms with Crippen LogP contribution in [0.4, 0.5) is 0 Å². The molecule has 2 nitrogen and oxygen atoms in total. The van der Waals surface area contributed by atoms with Crippen molar-refractivity contribution in [2.45, 2.75) is 19.8 Å². The molecular weight excluding hydrogens is 136 g/mol. The quantitative estimate of drug-likeness (QED) is 0.597. The Hall–Kier alpha value is -1.05. The standard InChI is InChI=1S/C9H14N2/c1-3-8-9(10-4-2)6-5-7-11-8/h3-4,11H,1,5-7H2,2H3/b10-4-. The molecule has 0 saturated carbocycles. The second-order valence-corrected chi connectivity index (χ2v) is 2.48. The van der Waals surface area contributed by atoms with Gasteiger partial charge >= 0.3 is 0 Å². The SMILES string of the molecule is C=CC1=C(/N=C\C)CCCN1. The molecule has 0 radical (unpaired) electrons. The Bertz CT molecular complexity index is 202. The van der Waals surface area contributed by atoms with Gasteiger partial charge in [0.05, 0.1) is 11.4 Å². The highest BCUT2D eigenvalue weighted by atomic mass is 14.9. The molecule has 0 bridgehead atoms. The van der Waals surface area contributed by atoms with Crippen molar-refractivity contribution in [3.8, 4) is 0 Å². The van der Waals surface area contributed by atoms with Gasteiger partial charge in [0.1, 0.15) is 0 Å². The number of aliphatic imine (C=N–C) groups is 1. The van der Waals surface area contributed by atoms with E-state index < -0.39 is 0 Å². The van der Waals surface area contributed by atoms with Gasteiger partial charge in [-0.3, -0.25) is 4.99 Å². The maximum absolute atomic E-state index is 4.26. The van der Waals surface area contributed by atoms with Gasteiger partial charge in [0.25, 0.3) is 0 Å². The summed E-state index contributed by atoms with van der Waals surface area (Å²) in [6, 6.07) is 0. The summed E-state index contributed by atoms with van der Waals surface area (Å²) in [6.45, 7) is 6.70. The van der Waals surface area contributed by atoms with Crippen LogP contribution in [0.2, 0.25) is 0 Å². The molecule has 0 spiro atoms. The van der Waals surface area contributed by atoms with Crippen LogP contribution >= 0.6 is 0 Å². The lowest BCUT2D eigenvalue weighted by molar-refractivity contribution is 0.670. The Labute approximate surface area is 67.7 Å². The molecule has 11 heavy (non-hydrogen) atoms. The average Bonchev–Trinajstić information content (AvgIpc) is 2.06. The molecular formula is C9H14N2. The monoisotopic (exact) mass is 150 g/mol. The average molecular weight is 150 g/mol. The van der Waals surface area contributed by atoms with Gasteiger partial charge in [0.15, 0.2) is 0 Å². The first-order valence-corrected chi connectivity index (χ1v) is 3.96. The topological polar surface area (TPSA) is 24.4 Å². The zero-order valence-corrected chi connectivity index (χ0v) is 6.93. The number of nitrogens with zero attached hydrogens (tertiary/aromatic N) is 1. The van der Waals surface area contributed by atoms with Crippen LogP contribution < -0.4 is 5.32 Å². The maximum Gasteiger partial charge on any atom is 0.0631 e. The van der Waals surface area contributed by atoms with Crippen molar-refractivity contribution in [1.29, 1.82) is 0 Å². The Morgan fingerprint density at radius 2 is 2.45 bits per heavy atom. The van der Waals surface area contributed by atoms with Crippen molar-refractivity contribution in [3.63, 3.8) is 0 Å². The van der Waals surface area contributed by atoms with Crippen LogP contribution in [0.5, 0.6) is 0 Å². The molecule has 1 aliphatic rings. The fourth-order valence-corrected chi connectivity index (χ4v) is 1.20. The van der Waals surface area contributed by atoms with Crippen molar-refractivity contribution in [2.75, 3.05) is 6.54 Å². The molecule has 1 aliphatic heterocycles. The summed E-state index contributed by atoms with van der Waals surface area (Å²) in [5.74, 6) is 0. The second-order valence-electron chi connectivity index (χ2n) is 2.48. The summed E-state index contributed by atoms with van der Waals surface area (Å²) in [7, 11) is 0. The van der Waals surface area contributed by atoms with E-state index in [1.807, 2.05) is 19.2 Å². The second kappa shape index (κ2) is 3.96. The summed E-state index contributed by atoms with van der Waals surface area (Å²) >= 11 is 0. The third-order valence-corrected chi connectivity index (χ3v) is 1.71. The van der Waals surface area contributed by atoms with E-state index in [0.717, 1.165) is 24.4 Å². The van der Waals surface area contributed by atoms with Crippen molar-refractivity contribution in [3.05, 3.63) is 24.0 Å². The van der Waals surface area contributed by atoms with Crippen LogP contribution in [0.1, 0.15) is 19.8 Å². The molecule has 0 amide bonds. The number of rotatable bonds is 2. The van der Waals surface area contributed by atoms with Gasteiger partial charge in [-0.25, -0.2) is 0 Å². The highest BCUT2D eigenvalue weighted by molar-refractivity contribution is 5.55. The van der Waals surface area contributed by atoms with Crippen molar-refractivity contribution < 1.29 is 0 Å². The lowest BCUT2D eigenvalue weighted by Gasteiger charge is -2.16. The number of hydrogen-bond acceptors (Lipinski definition) is 2. The molecule has 2 heteroatoms. The summed E-state index contributed by atoms with van der Waals surface area (Å²) in [4.78, 5) is 4.26. The third-order valence-electron chi connectivity index (χ3n) is 1.71. The zero-order chi connectivity index (χ0) is 8.10. The minimum atomic E-state index is 1.05. The first-order valence-electron chi connectivity index (χ1n) is 3.96. The molecule has 1 rings (SSSR count). The molecule has 0 fully saturated rings. The molecule has 0 aliphatic carbocycles. The minimum Gasteiger partial charge on any atom is -0.384 e. The van der Waals surface area contributed by atoms with E-state index in [9.17, 15) is 0 Å². The third kappa shape index (κ3) is 1.93. The Kier molecular flexibility index (Phi) is 2.90. The molecule has 60 valence electrons. The maximum atomic E-state index is 4.26. The summed E-state index contributed by atoms with van der Waals surface area (Å²) in [6.07, 6.45) is 5.90. The first kappa shape index (κ1) is 8.05. The van der Waals surface area contributed by atoms with Crippen LogP contribution in [-0.2, 0) is 0 Å². The summed E-state index contributed by atoms with van der Waals surface area (Å²) in [5, 5.41) is 3.25. The molecule has 0 unspecified atom stereocenters. The van der Waals surface area contributed by atoms with E-state index in [1.165, 1.54) is 6.42 Å². The van der Waals surface area contributed by atoms with Crippen LogP contribution in [0.15, 0.2) is 29.0 Å². The van der Waals surface area contributed by atoms with Crippen LogP contribution in [0.3, 0.4) is 0 Å². The van der Waals surface area contributed by atoms with Crippen molar-refractivity contribution in [2.24, 2.45) is 4.99 Å². The Balaban J connectivity index is 2.81. The Morgan fingerprint density at radius 3 is 3.09 bits per heavy atom. The summed E-state index contributed by atoms with van der Waals surface area (Å²) in [5.41, 5.74) is 2.23. The van der Waals surface area contributed by atoms with Gasteiger partial charge in [-0.15, -0.1) is 0 Å². The van der Waals surface area contributed by atoms with E-state index in [-0.39, 0.29) is 0 Å². The molecule has 0 atom stereocenters. The van der Waals surface area contributed by atoms with Gasteiger partial charge in [0.2, 0.25) is 0 Å². The normalized spacial score (nSPS) is 18.6. The van der Waals surface area contributed by atoms with Gasteiger partial charge < -0.3 is 5.32 Å². The van der Waals surface area contributed by atoms with Crippen LogP contribution in [-0.4, -0.2) is 12.8 Å². The van der Waals surface area contributed by atoms with Crippen molar-refractivity contribution in [1.82, 2.24) is 5.32 Å². The van der Waals surface area contributed by atoms with Crippen LogP contribution in [0.25, 0.3) is 0 Å². The number of allylic oxidation sites excluding steroid dienone is 2. The fourth-order valence-electron chi connectivity index (χ4n) is 1.20. The van der Waals surface area contributed by atoms with E-state index >= 15 is 0 Å². The van der Waals surface area contributed by atoms with Gasteiger partial charge in [0, 0.05) is 12.8 Å². The zero-order valence-electron chi connectivity index (χ0n) is 6.93. The largest absolute Gasteiger partial charge is 0.384 e. The van der Waals surface area contributed by atoms with E-state index in [4.69, 9.17) is 0 Å². The smallest absolute Gasteiger partial charge is 0.0631 e.